The van der Waals surface area contributed by atoms with Gasteiger partial charge in [-0.05, 0) is 25.3 Å². The highest BCUT2D eigenvalue weighted by molar-refractivity contribution is 5.80. The van der Waals surface area contributed by atoms with Gasteiger partial charge in [-0.15, -0.1) is 0 Å². The zero-order chi connectivity index (χ0) is 19.1. The second-order valence-corrected chi connectivity index (χ2v) is 7.29. The summed E-state index contributed by atoms with van der Waals surface area (Å²) < 4.78 is 6.11. The number of amides is 1. The van der Waals surface area contributed by atoms with Gasteiger partial charge in [0.05, 0.1) is 6.10 Å². The van der Waals surface area contributed by atoms with Crippen LogP contribution in [-0.4, -0.2) is 67.5 Å². The van der Waals surface area contributed by atoms with Crippen LogP contribution in [0.1, 0.15) is 38.4 Å². The number of ether oxygens (including phenoxy) is 1. The van der Waals surface area contributed by atoms with E-state index in [0.29, 0.717) is 5.92 Å². The van der Waals surface area contributed by atoms with Gasteiger partial charge >= 0.3 is 0 Å². The Kier molecular flexibility index (Phi) is 7.10. The Morgan fingerprint density at radius 3 is 2.56 bits per heavy atom. The molecule has 1 aromatic rings. The van der Waals surface area contributed by atoms with Crippen LogP contribution in [0.4, 0.5) is 0 Å². The van der Waals surface area contributed by atoms with E-state index in [1.807, 2.05) is 11.0 Å². The summed E-state index contributed by atoms with van der Waals surface area (Å²) in [5, 5.41) is 3.42. The second kappa shape index (κ2) is 9.74. The monoisotopic (exact) mass is 372 g/mol. The van der Waals surface area contributed by atoms with Gasteiger partial charge in [0.2, 0.25) is 5.91 Å². The first-order valence-electron chi connectivity index (χ1n) is 10.1. The van der Waals surface area contributed by atoms with E-state index in [9.17, 15) is 4.79 Å². The van der Waals surface area contributed by atoms with E-state index in [4.69, 9.17) is 9.73 Å². The lowest BCUT2D eigenvalue weighted by atomic mass is 9.89. The summed E-state index contributed by atoms with van der Waals surface area (Å²) in [6, 6.07) is 10.5. The molecular weight excluding hydrogens is 340 g/mol. The minimum atomic E-state index is 0.126. The summed E-state index contributed by atoms with van der Waals surface area (Å²) >= 11 is 0. The van der Waals surface area contributed by atoms with E-state index in [2.05, 4.69) is 41.4 Å². The molecule has 2 heterocycles. The molecule has 1 aromatic carbocycles. The molecule has 2 aliphatic rings. The largest absolute Gasteiger partial charge is 0.373 e. The number of guanidine groups is 1. The third kappa shape index (κ3) is 5.22. The topological polar surface area (TPSA) is 57.2 Å². The SMILES string of the molecule is CCNC(=NCC1CCCOC1c1ccccc1)N1CCN(C(C)=O)CC1. The Balaban J connectivity index is 1.65. The van der Waals surface area contributed by atoms with Crippen molar-refractivity contribution in [1.29, 1.82) is 0 Å². The molecule has 0 spiro atoms. The maximum Gasteiger partial charge on any atom is 0.219 e. The number of rotatable bonds is 4. The van der Waals surface area contributed by atoms with Crippen LogP contribution in [0.25, 0.3) is 0 Å². The van der Waals surface area contributed by atoms with Crippen molar-refractivity contribution >= 4 is 11.9 Å². The first kappa shape index (κ1) is 19.7. The van der Waals surface area contributed by atoms with Crippen molar-refractivity contribution in [3.05, 3.63) is 35.9 Å². The summed E-state index contributed by atoms with van der Waals surface area (Å²) in [5.41, 5.74) is 1.25. The zero-order valence-corrected chi connectivity index (χ0v) is 16.6. The fourth-order valence-corrected chi connectivity index (χ4v) is 3.90. The summed E-state index contributed by atoms with van der Waals surface area (Å²) in [6.07, 6.45) is 2.36. The molecule has 2 unspecified atom stereocenters. The van der Waals surface area contributed by atoms with E-state index in [1.165, 1.54) is 5.56 Å². The molecule has 0 saturated carbocycles. The van der Waals surface area contributed by atoms with Gasteiger partial charge in [0.15, 0.2) is 5.96 Å². The van der Waals surface area contributed by atoms with Gasteiger partial charge < -0.3 is 19.9 Å². The molecule has 6 nitrogen and oxygen atoms in total. The van der Waals surface area contributed by atoms with Crippen molar-refractivity contribution < 1.29 is 9.53 Å². The van der Waals surface area contributed by atoms with Crippen LogP contribution in [0, 0.1) is 5.92 Å². The van der Waals surface area contributed by atoms with E-state index >= 15 is 0 Å². The zero-order valence-electron chi connectivity index (χ0n) is 16.6. The summed E-state index contributed by atoms with van der Waals surface area (Å²) in [6.45, 7) is 9.34. The van der Waals surface area contributed by atoms with Gasteiger partial charge in [0.25, 0.3) is 0 Å². The highest BCUT2D eigenvalue weighted by Crippen LogP contribution is 2.33. The van der Waals surface area contributed by atoms with Gasteiger partial charge in [-0.1, -0.05) is 30.3 Å². The lowest BCUT2D eigenvalue weighted by Crippen LogP contribution is -2.53. The minimum Gasteiger partial charge on any atom is -0.373 e. The molecule has 2 fully saturated rings. The number of carbonyl (C=O) groups excluding carboxylic acids is 1. The Morgan fingerprint density at radius 2 is 1.89 bits per heavy atom. The van der Waals surface area contributed by atoms with Crippen LogP contribution in [0.2, 0.25) is 0 Å². The van der Waals surface area contributed by atoms with E-state index in [0.717, 1.165) is 64.7 Å². The van der Waals surface area contributed by atoms with Crippen LogP contribution in [0.3, 0.4) is 0 Å². The molecule has 0 aliphatic carbocycles. The summed E-state index contributed by atoms with van der Waals surface area (Å²) in [5.74, 6) is 1.51. The number of benzene rings is 1. The van der Waals surface area contributed by atoms with Crippen LogP contribution in [-0.2, 0) is 9.53 Å². The second-order valence-electron chi connectivity index (χ2n) is 7.29. The molecule has 1 amide bonds. The first-order chi connectivity index (χ1) is 13.2. The number of piperazine rings is 1. The van der Waals surface area contributed by atoms with E-state index in [-0.39, 0.29) is 12.0 Å². The van der Waals surface area contributed by atoms with E-state index < -0.39 is 0 Å². The van der Waals surface area contributed by atoms with Gasteiger partial charge in [-0.3, -0.25) is 9.79 Å². The van der Waals surface area contributed by atoms with Crippen molar-refractivity contribution in [3.63, 3.8) is 0 Å². The van der Waals surface area contributed by atoms with Crippen LogP contribution >= 0.6 is 0 Å². The van der Waals surface area contributed by atoms with Gasteiger partial charge in [-0.25, -0.2) is 0 Å². The number of hydrogen-bond donors (Lipinski definition) is 1. The van der Waals surface area contributed by atoms with Gasteiger partial charge in [0.1, 0.15) is 0 Å². The van der Waals surface area contributed by atoms with Crippen molar-refractivity contribution in [1.82, 2.24) is 15.1 Å². The molecule has 1 N–H and O–H groups in total. The van der Waals surface area contributed by atoms with Crippen LogP contribution in [0.15, 0.2) is 35.3 Å². The molecule has 6 heteroatoms. The minimum absolute atomic E-state index is 0.126. The van der Waals surface area contributed by atoms with Crippen LogP contribution < -0.4 is 5.32 Å². The molecule has 2 aliphatic heterocycles. The maximum atomic E-state index is 11.6. The third-order valence-corrected chi connectivity index (χ3v) is 5.41. The Labute approximate surface area is 162 Å². The quantitative estimate of drug-likeness (QED) is 0.651. The molecule has 2 atom stereocenters. The Morgan fingerprint density at radius 1 is 1.19 bits per heavy atom. The fourth-order valence-electron chi connectivity index (χ4n) is 3.90. The Hall–Kier alpha value is -2.08. The lowest BCUT2D eigenvalue weighted by molar-refractivity contribution is -0.130. The van der Waals surface area contributed by atoms with Crippen molar-refractivity contribution in [3.8, 4) is 0 Å². The predicted molar refractivity (Wildman–Crippen MR) is 108 cm³/mol. The molecule has 3 rings (SSSR count). The summed E-state index contributed by atoms with van der Waals surface area (Å²) in [4.78, 5) is 20.7. The molecule has 148 valence electrons. The molecule has 0 aromatic heterocycles. The molecule has 0 radical (unpaired) electrons. The predicted octanol–water partition coefficient (Wildman–Crippen LogP) is 2.28. The van der Waals surface area contributed by atoms with Gasteiger partial charge in [-0.2, -0.15) is 0 Å². The molecular formula is C21H32N4O2. The normalized spacial score (nSPS) is 24.0. The maximum absolute atomic E-state index is 11.6. The molecule has 27 heavy (non-hydrogen) atoms. The van der Waals surface area contributed by atoms with E-state index in [1.54, 1.807) is 6.92 Å². The smallest absolute Gasteiger partial charge is 0.219 e. The molecule has 0 bridgehead atoms. The number of nitrogens with zero attached hydrogens (tertiary/aromatic N) is 3. The Bertz CT molecular complexity index is 626. The summed E-state index contributed by atoms with van der Waals surface area (Å²) in [7, 11) is 0. The number of nitrogens with one attached hydrogen (secondary N) is 1. The van der Waals surface area contributed by atoms with Crippen molar-refractivity contribution in [2.24, 2.45) is 10.9 Å². The lowest BCUT2D eigenvalue weighted by Gasteiger charge is -2.36. The van der Waals surface area contributed by atoms with Crippen LogP contribution in [0.5, 0.6) is 0 Å². The average Bonchev–Trinajstić information content (AvgIpc) is 2.72. The number of hydrogen-bond acceptors (Lipinski definition) is 3. The average molecular weight is 373 g/mol. The van der Waals surface area contributed by atoms with Gasteiger partial charge in [0, 0.05) is 58.7 Å². The van der Waals surface area contributed by atoms with Crippen molar-refractivity contribution in [2.75, 3.05) is 45.9 Å². The molecule has 2 saturated heterocycles. The first-order valence-corrected chi connectivity index (χ1v) is 10.1. The number of aliphatic imine (C=N–C) groups is 1. The highest BCUT2D eigenvalue weighted by atomic mass is 16.5. The van der Waals surface area contributed by atoms with Crippen molar-refractivity contribution in [2.45, 2.75) is 32.8 Å². The third-order valence-electron chi connectivity index (χ3n) is 5.41. The standard InChI is InChI=1S/C21H32N4O2/c1-3-22-21(25-13-11-24(12-14-25)17(2)26)23-16-19-10-7-15-27-20(19)18-8-5-4-6-9-18/h4-6,8-9,19-20H,3,7,10-16H2,1-2H3,(H,22,23). The highest BCUT2D eigenvalue weighted by Gasteiger charge is 2.28. The number of carbonyl (C=O) groups is 1. The fraction of sp³-hybridized carbons (Fsp3) is 0.619.